The number of thioether (sulfide) groups is 1. The van der Waals surface area contributed by atoms with Gasteiger partial charge in [-0.2, -0.15) is 0 Å². The van der Waals surface area contributed by atoms with Gasteiger partial charge in [0.2, 0.25) is 0 Å². The molecule has 26 heavy (non-hydrogen) atoms. The molecule has 0 aliphatic rings. The number of hydrogen-bond acceptors (Lipinski definition) is 5. The van der Waals surface area contributed by atoms with Gasteiger partial charge in [0.15, 0.2) is 0 Å². The van der Waals surface area contributed by atoms with E-state index in [1.165, 1.54) is 12.1 Å². The van der Waals surface area contributed by atoms with E-state index in [1.54, 1.807) is 48.2 Å². The first kappa shape index (κ1) is 18.6. The van der Waals surface area contributed by atoms with Gasteiger partial charge in [-0.05, 0) is 43.2 Å². The molecule has 0 spiro atoms. The Labute approximate surface area is 160 Å². The van der Waals surface area contributed by atoms with Gasteiger partial charge in [0.05, 0.1) is 5.56 Å². The Morgan fingerprint density at radius 1 is 1.23 bits per heavy atom. The summed E-state index contributed by atoms with van der Waals surface area (Å²) in [5, 5.41) is 2.01. The Balaban J connectivity index is 1.69. The van der Waals surface area contributed by atoms with E-state index < -0.39 is 6.10 Å². The summed E-state index contributed by atoms with van der Waals surface area (Å²) >= 11 is 3.20. The normalized spacial score (nSPS) is 12.0. The fourth-order valence-electron chi connectivity index (χ4n) is 2.41. The summed E-state index contributed by atoms with van der Waals surface area (Å²) in [4.78, 5) is 17.0. The number of carbonyl (C=O) groups is 1. The standard InChI is InChI=1S/C20H18FNO2S2/c1-13-11-25-20(22-13)26-12-16-5-3-4-6-18(16)19(23)24-14(2)15-7-9-17(21)10-8-15/h3-11,14H,12H2,1-2H3/t14-/m0/s1. The van der Waals surface area contributed by atoms with E-state index in [4.69, 9.17) is 4.74 Å². The molecule has 0 aliphatic heterocycles. The van der Waals surface area contributed by atoms with E-state index in [0.717, 1.165) is 21.2 Å². The average molecular weight is 388 g/mol. The molecule has 0 N–H and O–H groups in total. The van der Waals surface area contributed by atoms with Gasteiger partial charge in [0, 0.05) is 16.8 Å². The molecule has 0 saturated heterocycles. The number of thiazole rings is 1. The number of nitrogens with zero attached hydrogens (tertiary/aromatic N) is 1. The highest BCUT2D eigenvalue weighted by Crippen LogP contribution is 2.28. The number of halogens is 1. The summed E-state index contributed by atoms with van der Waals surface area (Å²) < 4.78 is 19.6. The zero-order valence-corrected chi connectivity index (χ0v) is 16.1. The van der Waals surface area contributed by atoms with Gasteiger partial charge in [0.1, 0.15) is 16.3 Å². The molecule has 0 bridgehead atoms. The minimum Gasteiger partial charge on any atom is -0.454 e. The maximum Gasteiger partial charge on any atom is 0.339 e. The Morgan fingerprint density at radius 3 is 2.65 bits per heavy atom. The molecule has 0 unspecified atom stereocenters. The van der Waals surface area contributed by atoms with Crippen molar-refractivity contribution in [3.63, 3.8) is 0 Å². The Kier molecular flexibility index (Phi) is 6.06. The predicted molar refractivity (Wildman–Crippen MR) is 103 cm³/mol. The van der Waals surface area contributed by atoms with Crippen LogP contribution in [0.1, 0.15) is 40.2 Å². The van der Waals surface area contributed by atoms with Crippen LogP contribution in [-0.2, 0) is 10.5 Å². The number of carbonyl (C=O) groups excluding carboxylic acids is 1. The van der Waals surface area contributed by atoms with Crippen LogP contribution < -0.4 is 0 Å². The van der Waals surface area contributed by atoms with Crippen LogP contribution in [0.15, 0.2) is 58.3 Å². The number of aryl methyl sites for hydroxylation is 1. The lowest BCUT2D eigenvalue weighted by atomic mass is 10.1. The van der Waals surface area contributed by atoms with Crippen LogP contribution in [0.4, 0.5) is 4.39 Å². The number of ether oxygens (including phenoxy) is 1. The molecule has 1 heterocycles. The highest BCUT2D eigenvalue weighted by atomic mass is 32.2. The lowest BCUT2D eigenvalue weighted by Crippen LogP contribution is -2.11. The van der Waals surface area contributed by atoms with Gasteiger partial charge in [0.25, 0.3) is 0 Å². The molecule has 3 nitrogen and oxygen atoms in total. The predicted octanol–water partition coefficient (Wildman–Crippen LogP) is 5.80. The highest BCUT2D eigenvalue weighted by molar-refractivity contribution is 8.00. The lowest BCUT2D eigenvalue weighted by molar-refractivity contribution is 0.0337. The van der Waals surface area contributed by atoms with E-state index >= 15 is 0 Å². The van der Waals surface area contributed by atoms with E-state index in [9.17, 15) is 9.18 Å². The highest BCUT2D eigenvalue weighted by Gasteiger charge is 2.17. The summed E-state index contributed by atoms with van der Waals surface area (Å²) in [6, 6.07) is 13.4. The van der Waals surface area contributed by atoms with E-state index in [0.29, 0.717) is 11.3 Å². The third-order valence-electron chi connectivity index (χ3n) is 3.81. The lowest BCUT2D eigenvalue weighted by Gasteiger charge is -2.15. The van der Waals surface area contributed by atoms with E-state index in [1.807, 2.05) is 30.5 Å². The first-order valence-corrected chi connectivity index (χ1v) is 9.98. The molecule has 1 aromatic heterocycles. The van der Waals surface area contributed by atoms with Crippen LogP contribution in [-0.4, -0.2) is 11.0 Å². The van der Waals surface area contributed by atoms with E-state index in [-0.39, 0.29) is 11.8 Å². The second kappa shape index (κ2) is 8.47. The SMILES string of the molecule is Cc1csc(SCc2ccccc2C(=O)O[C@@H](C)c2ccc(F)cc2)n1. The molecule has 0 radical (unpaired) electrons. The molecule has 134 valence electrons. The van der Waals surface area contributed by atoms with Crippen molar-refractivity contribution in [1.29, 1.82) is 0 Å². The van der Waals surface area contributed by atoms with Crippen molar-refractivity contribution in [2.24, 2.45) is 0 Å². The van der Waals surface area contributed by atoms with Crippen LogP contribution in [0, 0.1) is 12.7 Å². The maximum absolute atomic E-state index is 13.0. The van der Waals surface area contributed by atoms with Gasteiger partial charge in [-0.3, -0.25) is 0 Å². The van der Waals surface area contributed by atoms with Crippen LogP contribution >= 0.6 is 23.1 Å². The minimum absolute atomic E-state index is 0.313. The molecule has 2 aromatic carbocycles. The second-order valence-electron chi connectivity index (χ2n) is 5.80. The Hall–Kier alpha value is -2.18. The fourth-order valence-corrected chi connectivity index (χ4v) is 4.26. The first-order chi connectivity index (χ1) is 12.5. The number of aromatic nitrogens is 1. The van der Waals surface area contributed by atoms with Gasteiger partial charge >= 0.3 is 5.97 Å². The van der Waals surface area contributed by atoms with Crippen molar-refractivity contribution >= 4 is 29.1 Å². The summed E-state index contributed by atoms with van der Waals surface area (Å²) in [5.74, 6) is -0.0520. The van der Waals surface area contributed by atoms with Gasteiger partial charge in [-0.1, -0.05) is 42.1 Å². The van der Waals surface area contributed by atoms with Crippen LogP contribution in [0.3, 0.4) is 0 Å². The van der Waals surface area contributed by atoms with Crippen LogP contribution in [0.25, 0.3) is 0 Å². The molecule has 6 heteroatoms. The quantitative estimate of drug-likeness (QED) is 0.396. The second-order valence-corrected chi connectivity index (χ2v) is 7.88. The largest absolute Gasteiger partial charge is 0.454 e. The van der Waals surface area contributed by atoms with Crippen molar-refractivity contribution in [3.05, 3.63) is 82.1 Å². The smallest absolute Gasteiger partial charge is 0.339 e. The van der Waals surface area contributed by atoms with Gasteiger partial charge < -0.3 is 4.74 Å². The minimum atomic E-state index is -0.453. The van der Waals surface area contributed by atoms with Gasteiger partial charge in [-0.25, -0.2) is 14.2 Å². The van der Waals surface area contributed by atoms with Crippen molar-refractivity contribution in [1.82, 2.24) is 4.98 Å². The summed E-state index contributed by atoms with van der Waals surface area (Å²) in [7, 11) is 0. The molecular formula is C20H18FNO2S2. The molecule has 3 aromatic rings. The molecular weight excluding hydrogens is 369 g/mol. The number of rotatable bonds is 6. The molecule has 1 atom stereocenters. The van der Waals surface area contributed by atoms with Crippen molar-refractivity contribution in [3.8, 4) is 0 Å². The summed E-state index contributed by atoms with van der Waals surface area (Å²) in [5.41, 5.74) is 3.20. The van der Waals surface area contributed by atoms with Crippen molar-refractivity contribution in [2.45, 2.75) is 30.0 Å². The zero-order chi connectivity index (χ0) is 18.5. The van der Waals surface area contributed by atoms with Crippen LogP contribution in [0.5, 0.6) is 0 Å². The molecule has 0 aliphatic carbocycles. The number of esters is 1. The zero-order valence-electron chi connectivity index (χ0n) is 14.4. The van der Waals surface area contributed by atoms with Crippen molar-refractivity contribution in [2.75, 3.05) is 0 Å². The summed E-state index contributed by atoms with van der Waals surface area (Å²) in [6.07, 6.45) is -0.453. The monoisotopic (exact) mass is 387 g/mol. The number of hydrogen-bond donors (Lipinski definition) is 0. The van der Waals surface area contributed by atoms with Crippen molar-refractivity contribution < 1.29 is 13.9 Å². The maximum atomic E-state index is 13.0. The fraction of sp³-hybridized carbons (Fsp3) is 0.200. The first-order valence-electron chi connectivity index (χ1n) is 8.12. The molecule has 3 rings (SSSR count). The third-order valence-corrected chi connectivity index (χ3v) is 6.00. The van der Waals surface area contributed by atoms with E-state index in [2.05, 4.69) is 4.98 Å². The topological polar surface area (TPSA) is 39.2 Å². The molecule has 0 amide bonds. The molecule has 0 saturated carbocycles. The third kappa shape index (κ3) is 4.71. The number of benzene rings is 2. The van der Waals surface area contributed by atoms with Crippen LogP contribution in [0.2, 0.25) is 0 Å². The average Bonchev–Trinajstić information content (AvgIpc) is 3.06. The summed E-state index contributed by atoms with van der Waals surface area (Å²) in [6.45, 7) is 3.74. The molecule has 0 fully saturated rings. The van der Waals surface area contributed by atoms with Gasteiger partial charge in [-0.15, -0.1) is 11.3 Å². The Bertz CT molecular complexity index is 893. The Morgan fingerprint density at radius 2 is 1.96 bits per heavy atom.